The van der Waals surface area contributed by atoms with Crippen LogP contribution in [0.15, 0.2) is 42.6 Å². The zero-order valence-electron chi connectivity index (χ0n) is 14.7. The van der Waals surface area contributed by atoms with Gasteiger partial charge in [0, 0.05) is 28.7 Å². The van der Waals surface area contributed by atoms with Crippen LogP contribution in [0.2, 0.25) is 5.02 Å². The predicted octanol–water partition coefficient (Wildman–Crippen LogP) is 3.96. The van der Waals surface area contributed by atoms with E-state index in [0.717, 1.165) is 10.9 Å². The lowest BCUT2D eigenvalue weighted by atomic mass is 10.2. The molecule has 0 spiro atoms. The van der Waals surface area contributed by atoms with E-state index >= 15 is 0 Å². The van der Waals surface area contributed by atoms with Crippen molar-refractivity contribution in [2.24, 2.45) is 0 Å². The molecule has 0 saturated carbocycles. The number of nitrogens with one attached hydrogen (secondary N) is 1. The summed E-state index contributed by atoms with van der Waals surface area (Å²) >= 11 is 6.01. The molecule has 0 aliphatic carbocycles. The van der Waals surface area contributed by atoms with E-state index in [9.17, 15) is 4.79 Å². The van der Waals surface area contributed by atoms with Gasteiger partial charge in [-0.2, -0.15) is 0 Å². The molecule has 7 heteroatoms. The number of aromatic nitrogens is 1. The number of halogens is 1. The summed E-state index contributed by atoms with van der Waals surface area (Å²) in [5.74, 6) is 1.69. The summed E-state index contributed by atoms with van der Waals surface area (Å²) in [6.45, 7) is 0.121. The zero-order chi connectivity index (χ0) is 18.7. The number of methoxy groups -OCH3 is 3. The minimum absolute atomic E-state index is 0.121. The third kappa shape index (κ3) is 3.55. The highest BCUT2D eigenvalue weighted by atomic mass is 35.5. The first kappa shape index (κ1) is 17.9. The molecule has 0 atom stereocenters. The maximum absolute atomic E-state index is 12.5. The van der Waals surface area contributed by atoms with Gasteiger partial charge in [-0.1, -0.05) is 11.6 Å². The molecule has 0 aliphatic rings. The van der Waals surface area contributed by atoms with E-state index in [1.807, 2.05) is 29.0 Å². The molecule has 0 unspecified atom stereocenters. The second-order valence-electron chi connectivity index (χ2n) is 5.60. The maximum Gasteiger partial charge on any atom is 0.244 e. The van der Waals surface area contributed by atoms with Crippen molar-refractivity contribution in [3.8, 4) is 17.2 Å². The van der Waals surface area contributed by atoms with Gasteiger partial charge in [-0.15, -0.1) is 0 Å². The molecule has 0 aliphatic heterocycles. The Balaban J connectivity index is 1.87. The number of amides is 1. The number of anilines is 1. The van der Waals surface area contributed by atoms with Crippen molar-refractivity contribution in [1.29, 1.82) is 0 Å². The second kappa shape index (κ2) is 7.58. The fraction of sp³-hybridized carbons (Fsp3) is 0.211. The fourth-order valence-electron chi connectivity index (χ4n) is 2.78. The minimum atomic E-state index is -0.204. The molecule has 1 aromatic heterocycles. The summed E-state index contributed by atoms with van der Waals surface area (Å²) in [4.78, 5) is 12.5. The molecule has 0 bridgehead atoms. The molecular weight excluding hydrogens is 356 g/mol. The molecule has 0 radical (unpaired) electrons. The van der Waals surface area contributed by atoms with Crippen LogP contribution >= 0.6 is 11.6 Å². The highest BCUT2D eigenvalue weighted by molar-refractivity contribution is 6.31. The van der Waals surface area contributed by atoms with E-state index in [-0.39, 0.29) is 12.5 Å². The van der Waals surface area contributed by atoms with Crippen molar-refractivity contribution in [3.05, 3.63) is 47.6 Å². The number of nitrogens with zero attached hydrogens (tertiary/aromatic N) is 1. The Morgan fingerprint density at radius 2 is 1.81 bits per heavy atom. The highest BCUT2D eigenvalue weighted by Gasteiger charge is 2.13. The van der Waals surface area contributed by atoms with Crippen LogP contribution in [-0.2, 0) is 11.3 Å². The fourth-order valence-corrected chi connectivity index (χ4v) is 2.96. The van der Waals surface area contributed by atoms with Gasteiger partial charge in [-0.05, 0) is 24.3 Å². The number of fused-ring (bicyclic) bond motifs is 1. The van der Waals surface area contributed by atoms with Crippen LogP contribution in [0, 0.1) is 0 Å². The molecule has 1 heterocycles. The van der Waals surface area contributed by atoms with E-state index in [4.69, 9.17) is 25.8 Å². The molecular formula is C19H19ClN2O4. The van der Waals surface area contributed by atoms with Gasteiger partial charge < -0.3 is 24.1 Å². The number of carbonyl (C=O) groups is 1. The van der Waals surface area contributed by atoms with Crippen molar-refractivity contribution in [2.75, 3.05) is 26.6 Å². The third-order valence-corrected chi connectivity index (χ3v) is 4.26. The number of hydrogen-bond donors (Lipinski definition) is 1. The van der Waals surface area contributed by atoms with Crippen molar-refractivity contribution in [3.63, 3.8) is 0 Å². The van der Waals surface area contributed by atoms with Crippen molar-refractivity contribution < 1.29 is 19.0 Å². The number of ether oxygens (including phenoxy) is 3. The van der Waals surface area contributed by atoms with Crippen LogP contribution in [0.25, 0.3) is 10.9 Å². The smallest absolute Gasteiger partial charge is 0.244 e. The first-order valence-corrected chi connectivity index (χ1v) is 8.27. The predicted molar refractivity (Wildman–Crippen MR) is 102 cm³/mol. The first-order chi connectivity index (χ1) is 12.5. The van der Waals surface area contributed by atoms with E-state index in [1.165, 1.54) is 7.11 Å². The summed E-state index contributed by atoms with van der Waals surface area (Å²) in [6.07, 6.45) is 1.83. The Kier molecular flexibility index (Phi) is 5.23. The normalized spacial score (nSPS) is 10.6. The molecule has 1 N–H and O–H groups in total. The third-order valence-electron chi connectivity index (χ3n) is 4.03. The standard InChI is InChI=1S/C19H19ClN2O4/c1-24-13-9-16-14(18(10-13)26-3)6-7-22(16)11-19(23)21-15-8-12(20)4-5-17(15)25-2/h4-10H,11H2,1-3H3,(H,21,23). The van der Waals surface area contributed by atoms with Gasteiger partial charge in [0.2, 0.25) is 5.91 Å². The van der Waals surface area contributed by atoms with Crippen molar-refractivity contribution in [2.45, 2.75) is 6.54 Å². The Morgan fingerprint density at radius 1 is 1.04 bits per heavy atom. The van der Waals surface area contributed by atoms with Gasteiger partial charge in [-0.3, -0.25) is 4.79 Å². The SMILES string of the molecule is COc1cc(OC)c2ccn(CC(=O)Nc3cc(Cl)ccc3OC)c2c1. The molecule has 136 valence electrons. The molecule has 3 rings (SSSR count). The monoisotopic (exact) mass is 374 g/mol. The van der Waals surface area contributed by atoms with E-state index < -0.39 is 0 Å². The van der Waals surface area contributed by atoms with Gasteiger partial charge in [-0.25, -0.2) is 0 Å². The van der Waals surface area contributed by atoms with Crippen molar-refractivity contribution >= 4 is 34.1 Å². The van der Waals surface area contributed by atoms with Gasteiger partial charge in [0.1, 0.15) is 23.8 Å². The summed E-state index contributed by atoms with van der Waals surface area (Å²) in [5, 5.41) is 4.25. The van der Waals surface area contributed by atoms with E-state index in [1.54, 1.807) is 32.4 Å². The summed E-state index contributed by atoms with van der Waals surface area (Å²) < 4.78 is 17.8. The van der Waals surface area contributed by atoms with Crippen LogP contribution in [0.1, 0.15) is 0 Å². The topological polar surface area (TPSA) is 61.7 Å². The van der Waals surface area contributed by atoms with Crippen LogP contribution in [0.4, 0.5) is 5.69 Å². The number of hydrogen-bond acceptors (Lipinski definition) is 4. The van der Waals surface area contributed by atoms with Gasteiger partial charge in [0.05, 0.1) is 32.5 Å². The van der Waals surface area contributed by atoms with Crippen LogP contribution in [-0.4, -0.2) is 31.8 Å². The molecule has 6 nitrogen and oxygen atoms in total. The van der Waals surface area contributed by atoms with Crippen LogP contribution in [0.5, 0.6) is 17.2 Å². The number of rotatable bonds is 6. The molecule has 2 aromatic carbocycles. The summed E-state index contributed by atoms with van der Waals surface area (Å²) in [6, 6.07) is 10.6. The molecule has 3 aromatic rings. The van der Waals surface area contributed by atoms with E-state index in [2.05, 4.69) is 5.32 Å². The van der Waals surface area contributed by atoms with Crippen LogP contribution < -0.4 is 19.5 Å². The summed E-state index contributed by atoms with van der Waals surface area (Å²) in [5.41, 5.74) is 1.37. The van der Waals surface area contributed by atoms with Gasteiger partial charge in [0.15, 0.2) is 0 Å². The molecule has 1 amide bonds. The zero-order valence-corrected chi connectivity index (χ0v) is 15.5. The van der Waals surface area contributed by atoms with E-state index in [0.29, 0.717) is 28.0 Å². The van der Waals surface area contributed by atoms with Gasteiger partial charge in [0.25, 0.3) is 0 Å². The number of carbonyl (C=O) groups excluding carboxylic acids is 1. The minimum Gasteiger partial charge on any atom is -0.497 e. The highest BCUT2D eigenvalue weighted by Crippen LogP contribution is 2.32. The lowest BCUT2D eigenvalue weighted by Gasteiger charge is -2.12. The Labute approximate surface area is 156 Å². The largest absolute Gasteiger partial charge is 0.497 e. The maximum atomic E-state index is 12.5. The lowest BCUT2D eigenvalue weighted by Crippen LogP contribution is -2.18. The first-order valence-electron chi connectivity index (χ1n) is 7.90. The lowest BCUT2D eigenvalue weighted by molar-refractivity contribution is -0.116. The Morgan fingerprint density at radius 3 is 2.50 bits per heavy atom. The Bertz CT molecular complexity index is 952. The number of benzene rings is 2. The van der Waals surface area contributed by atoms with Gasteiger partial charge >= 0.3 is 0 Å². The molecule has 26 heavy (non-hydrogen) atoms. The molecule has 0 saturated heterocycles. The summed E-state index contributed by atoms with van der Waals surface area (Å²) in [7, 11) is 4.73. The average Bonchev–Trinajstić information content (AvgIpc) is 3.03. The average molecular weight is 375 g/mol. The van der Waals surface area contributed by atoms with Crippen molar-refractivity contribution in [1.82, 2.24) is 4.57 Å². The molecule has 0 fully saturated rings. The quantitative estimate of drug-likeness (QED) is 0.709. The second-order valence-corrected chi connectivity index (χ2v) is 6.04. The Hall–Kier alpha value is -2.86. The van der Waals surface area contributed by atoms with Crippen LogP contribution in [0.3, 0.4) is 0 Å².